The van der Waals surface area contributed by atoms with Gasteiger partial charge in [0.1, 0.15) is 6.04 Å². The molecule has 0 amide bonds. The zero-order chi connectivity index (χ0) is 12.4. The molecular weight excluding hydrogens is 214 g/mol. The van der Waals surface area contributed by atoms with Crippen LogP contribution in [0.2, 0.25) is 0 Å². The number of hydrogen-bond acceptors (Lipinski definition) is 6. The largest absolute Gasteiger partial charge is 0.466 e. The van der Waals surface area contributed by atoms with Gasteiger partial charge in [-0.05, 0) is 12.8 Å². The summed E-state index contributed by atoms with van der Waals surface area (Å²) >= 11 is 0. The van der Waals surface area contributed by atoms with Gasteiger partial charge in [0.15, 0.2) is 0 Å². The van der Waals surface area contributed by atoms with E-state index in [0.717, 1.165) is 0 Å². The van der Waals surface area contributed by atoms with Crippen LogP contribution in [0, 0.1) is 0 Å². The molecule has 1 atom stereocenters. The third kappa shape index (κ3) is 6.36. The highest BCUT2D eigenvalue weighted by Gasteiger charge is 2.23. The third-order valence-corrected chi connectivity index (χ3v) is 1.73. The summed E-state index contributed by atoms with van der Waals surface area (Å²) in [5.74, 6) is -1.19. The van der Waals surface area contributed by atoms with Gasteiger partial charge in [-0.2, -0.15) is 5.48 Å². The maximum atomic E-state index is 11.3. The summed E-state index contributed by atoms with van der Waals surface area (Å²) < 4.78 is 9.56. The summed E-state index contributed by atoms with van der Waals surface area (Å²) in [6.45, 7) is 4.29. The Balaban J connectivity index is 3.97. The van der Waals surface area contributed by atoms with Gasteiger partial charge in [-0.15, -0.1) is 0 Å². The Morgan fingerprint density at radius 1 is 1.19 bits per heavy atom. The molecule has 0 fully saturated rings. The number of carbonyl (C=O) groups excluding carboxylic acids is 2. The average Bonchev–Trinajstić information content (AvgIpc) is 2.30. The van der Waals surface area contributed by atoms with Crippen molar-refractivity contribution in [1.29, 1.82) is 0 Å². The number of hydroxylamine groups is 1. The summed E-state index contributed by atoms with van der Waals surface area (Å²) in [5.41, 5.74) is 1.74. The van der Waals surface area contributed by atoms with E-state index in [2.05, 4.69) is 0 Å². The normalized spacial score (nSPS) is 11.9. The summed E-state index contributed by atoms with van der Waals surface area (Å²) in [7, 11) is 0. The Kier molecular flexibility index (Phi) is 8.46. The van der Waals surface area contributed by atoms with E-state index >= 15 is 0 Å². The van der Waals surface area contributed by atoms with Gasteiger partial charge in [-0.25, -0.2) is 0 Å². The molecule has 0 aliphatic rings. The molecule has 0 aromatic rings. The lowest BCUT2D eigenvalue weighted by Gasteiger charge is -2.13. The SMILES string of the molecule is CCCOC(=O)C[C@H](NO)C(=O)OCCC. The van der Waals surface area contributed by atoms with Gasteiger partial charge in [0.25, 0.3) is 0 Å². The quantitative estimate of drug-likeness (QED) is 0.472. The minimum atomic E-state index is -1.06. The molecular formula is C10H19NO5. The van der Waals surface area contributed by atoms with Gasteiger partial charge in [-0.3, -0.25) is 9.59 Å². The second-order valence-electron chi connectivity index (χ2n) is 3.27. The highest BCUT2D eigenvalue weighted by atomic mass is 16.5. The van der Waals surface area contributed by atoms with Crippen LogP contribution in [-0.2, 0) is 19.1 Å². The molecule has 0 bridgehead atoms. The Bertz CT molecular complexity index is 219. The Labute approximate surface area is 94.9 Å². The van der Waals surface area contributed by atoms with Crippen molar-refractivity contribution < 1.29 is 24.3 Å². The summed E-state index contributed by atoms with van der Waals surface area (Å²) in [4.78, 5) is 22.5. The molecule has 0 unspecified atom stereocenters. The number of hydrogen-bond donors (Lipinski definition) is 2. The van der Waals surface area contributed by atoms with E-state index in [1.54, 1.807) is 5.48 Å². The summed E-state index contributed by atoms with van der Waals surface area (Å²) in [5, 5.41) is 8.71. The number of ether oxygens (including phenoxy) is 2. The first kappa shape index (κ1) is 14.9. The van der Waals surface area contributed by atoms with Crippen LogP contribution in [0.5, 0.6) is 0 Å². The molecule has 0 aromatic carbocycles. The van der Waals surface area contributed by atoms with Gasteiger partial charge >= 0.3 is 11.9 Å². The van der Waals surface area contributed by atoms with Crippen LogP contribution < -0.4 is 5.48 Å². The predicted octanol–water partition coefficient (Wildman–Crippen LogP) is 0.630. The Morgan fingerprint density at radius 2 is 1.75 bits per heavy atom. The molecule has 0 aliphatic carbocycles. The number of esters is 2. The minimum absolute atomic E-state index is 0.237. The second-order valence-corrected chi connectivity index (χ2v) is 3.27. The molecule has 0 rings (SSSR count). The Hall–Kier alpha value is -1.14. The van der Waals surface area contributed by atoms with Crippen molar-refractivity contribution in [2.24, 2.45) is 0 Å². The number of rotatable bonds is 8. The fraction of sp³-hybridized carbons (Fsp3) is 0.800. The van der Waals surface area contributed by atoms with Crippen molar-refractivity contribution in [3.8, 4) is 0 Å². The molecule has 16 heavy (non-hydrogen) atoms. The van der Waals surface area contributed by atoms with Crippen LogP contribution in [0.4, 0.5) is 0 Å². The molecule has 0 aromatic heterocycles. The molecule has 6 nitrogen and oxygen atoms in total. The van der Waals surface area contributed by atoms with E-state index in [9.17, 15) is 9.59 Å². The van der Waals surface area contributed by atoms with E-state index < -0.39 is 18.0 Å². The van der Waals surface area contributed by atoms with Crippen LogP contribution in [0.15, 0.2) is 0 Å². The third-order valence-electron chi connectivity index (χ3n) is 1.73. The molecule has 0 spiro atoms. The smallest absolute Gasteiger partial charge is 0.326 e. The van der Waals surface area contributed by atoms with Crippen molar-refractivity contribution >= 4 is 11.9 Å². The molecule has 2 N–H and O–H groups in total. The number of nitrogens with one attached hydrogen (secondary N) is 1. The molecule has 0 heterocycles. The highest BCUT2D eigenvalue weighted by molar-refractivity contribution is 5.82. The van der Waals surface area contributed by atoms with Crippen molar-refractivity contribution in [1.82, 2.24) is 5.48 Å². The Morgan fingerprint density at radius 3 is 2.25 bits per heavy atom. The summed E-state index contributed by atoms with van der Waals surface area (Å²) in [6.07, 6.45) is 1.16. The van der Waals surface area contributed by atoms with Crippen LogP contribution in [0.25, 0.3) is 0 Å². The van der Waals surface area contributed by atoms with Gasteiger partial charge in [0.2, 0.25) is 0 Å². The van der Waals surface area contributed by atoms with Crippen LogP contribution in [0.1, 0.15) is 33.1 Å². The molecule has 6 heteroatoms. The molecule has 0 saturated carbocycles. The second kappa shape index (κ2) is 9.11. The predicted molar refractivity (Wildman–Crippen MR) is 55.8 cm³/mol. The first-order valence-corrected chi connectivity index (χ1v) is 5.37. The lowest BCUT2D eigenvalue weighted by molar-refractivity contribution is -0.155. The van der Waals surface area contributed by atoms with E-state index in [1.165, 1.54) is 0 Å². The van der Waals surface area contributed by atoms with Gasteiger partial charge in [0, 0.05) is 0 Å². The van der Waals surface area contributed by atoms with Crippen molar-refractivity contribution in [2.45, 2.75) is 39.2 Å². The van der Waals surface area contributed by atoms with Crippen molar-refractivity contribution in [2.75, 3.05) is 13.2 Å². The maximum Gasteiger partial charge on any atom is 0.326 e. The first-order chi connectivity index (χ1) is 7.65. The lowest BCUT2D eigenvalue weighted by Crippen LogP contribution is -2.38. The maximum absolute atomic E-state index is 11.3. The van der Waals surface area contributed by atoms with Crippen molar-refractivity contribution in [3.05, 3.63) is 0 Å². The van der Waals surface area contributed by atoms with E-state index in [4.69, 9.17) is 14.7 Å². The topological polar surface area (TPSA) is 84.9 Å². The van der Waals surface area contributed by atoms with Gasteiger partial charge in [-0.1, -0.05) is 13.8 Å². The van der Waals surface area contributed by atoms with Gasteiger partial charge < -0.3 is 14.7 Å². The van der Waals surface area contributed by atoms with Crippen LogP contribution >= 0.6 is 0 Å². The minimum Gasteiger partial charge on any atom is -0.466 e. The molecule has 0 saturated heterocycles. The lowest BCUT2D eigenvalue weighted by atomic mass is 10.2. The van der Waals surface area contributed by atoms with Crippen LogP contribution in [-0.4, -0.2) is 36.4 Å². The molecule has 0 aliphatic heterocycles. The fourth-order valence-electron chi connectivity index (χ4n) is 0.926. The van der Waals surface area contributed by atoms with Crippen molar-refractivity contribution in [3.63, 3.8) is 0 Å². The number of carbonyl (C=O) groups is 2. The molecule has 94 valence electrons. The van der Waals surface area contributed by atoms with E-state index in [1.807, 2.05) is 13.8 Å². The molecule has 0 radical (unpaired) electrons. The zero-order valence-electron chi connectivity index (χ0n) is 9.69. The first-order valence-electron chi connectivity index (χ1n) is 5.37. The fourth-order valence-corrected chi connectivity index (χ4v) is 0.926. The zero-order valence-corrected chi connectivity index (χ0v) is 9.69. The van der Waals surface area contributed by atoms with Gasteiger partial charge in [0.05, 0.1) is 19.6 Å². The standard InChI is InChI=1S/C10H19NO5/c1-3-5-15-9(12)7-8(11-14)10(13)16-6-4-2/h8,11,14H,3-7H2,1-2H3/t8-/m0/s1. The average molecular weight is 233 g/mol. The van der Waals surface area contributed by atoms with Crippen LogP contribution in [0.3, 0.4) is 0 Å². The highest BCUT2D eigenvalue weighted by Crippen LogP contribution is 1.99. The monoisotopic (exact) mass is 233 g/mol. The van der Waals surface area contributed by atoms with E-state index in [0.29, 0.717) is 19.4 Å². The van der Waals surface area contributed by atoms with E-state index in [-0.39, 0.29) is 13.0 Å². The summed E-state index contributed by atoms with van der Waals surface area (Å²) in [6, 6.07) is -1.06.